The summed E-state index contributed by atoms with van der Waals surface area (Å²) in [5.41, 5.74) is 8.44. The number of hydrogen-bond acceptors (Lipinski definition) is 10. The monoisotopic (exact) mass is 645 g/mol. The van der Waals surface area contributed by atoms with Crippen molar-refractivity contribution in [1.82, 2.24) is 4.98 Å². The average molecular weight is 646 g/mol. The largest absolute Gasteiger partial charge is 0.494 e. The molecule has 0 aliphatic carbocycles. The number of ether oxygens (including phenoxy) is 2. The van der Waals surface area contributed by atoms with Gasteiger partial charge in [0, 0.05) is 16.0 Å². The molecule has 3 rings (SSSR count). The van der Waals surface area contributed by atoms with Gasteiger partial charge in [-0.2, -0.15) is 16.8 Å². The molecule has 0 amide bonds. The predicted octanol–water partition coefficient (Wildman–Crippen LogP) is 4.97. The molecule has 0 aliphatic heterocycles. The molecule has 12 nitrogen and oxygen atoms in total. The van der Waals surface area contributed by atoms with Gasteiger partial charge >= 0.3 is 0 Å². The van der Waals surface area contributed by atoms with Crippen LogP contribution in [-0.2, 0) is 20.2 Å². The van der Waals surface area contributed by atoms with Gasteiger partial charge in [0.05, 0.1) is 36.4 Å². The third kappa shape index (κ3) is 16.9. The molecule has 0 saturated carbocycles. The van der Waals surface area contributed by atoms with Gasteiger partial charge in [0.25, 0.3) is 20.2 Å². The van der Waals surface area contributed by atoms with Crippen LogP contribution in [0.3, 0.4) is 0 Å². The molecule has 1 aromatic heterocycles. The van der Waals surface area contributed by atoms with Gasteiger partial charge in [0.2, 0.25) is 0 Å². The van der Waals surface area contributed by atoms with Crippen LogP contribution in [0.1, 0.15) is 54.5 Å². The van der Waals surface area contributed by atoms with Gasteiger partial charge in [-0.1, -0.05) is 19.0 Å². The molecular formula is C27H39N3O9S3. The van der Waals surface area contributed by atoms with Gasteiger partial charge < -0.3 is 20.4 Å². The van der Waals surface area contributed by atoms with E-state index in [0.717, 1.165) is 47.0 Å². The molecule has 0 aliphatic rings. The van der Waals surface area contributed by atoms with Crippen molar-refractivity contribution in [1.29, 1.82) is 0 Å². The lowest BCUT2D eigenvalue weighted by Crippen LogP contribution is -2.12. The van der Waals surface area contributed by atoms with E-state index >= 15 is 0 Å². The molecule has 0 unspecified atom stereocenters. The quantitative estimate of drug-likeness (QED) is 0.0548. The predicted molar refractivity (Wildman–Crippen MR) is 165 cm³/mol. The minimum atomic E-state index is -3.67. The van der Waals surface area contributed by atoms with Crippen LogP contribution in [0.4, 0.5) is 0 Å². The molecule has 0 radical (unpaired) electrons. The maximum absolute atomic E-state index is 9.19. The van der Waals surface area contributed by atoms with Crippen molar-refractivity contribution in [3.8, 4) is 22.8 Å². The van der Waals surface area contributed by atoms with Crippen molar-refractivity contribution in [2.75, 3.05) is 25.7 Å². The van der Waals surface area contributed by atoms with E-state index < -0.39 is 20.2 Å². The minimum Gasteiger partial charge on any atom is -0.494 e. The zero-order chi connectivity index (χ0) is 31.9. The van der Waals surface area contributed by atoms with Gasteiger partial charge in [0.15, 0.2) is 5.84 Å². The number of aryl methyl sites for hydroxylation is 1. The Labute approximate surface area is 251 Å². The standard InChI is InChI=1S/C25H31N3O3S.2CH4O3S/c1-17(2)24-23(27-18(3)32-24)19-7-11-21(12-8-19)30-15-5-4-6-16-31-22-13-9-20(10-14-22)25(26)28-29;2*1-5(2,3)4/h7-14,17,29H,4-6,15-16H2,1-3H3,(H2,26,28);2*1H3,(H,2,3,4). The number of unbranched alkanes of at least 4 members (excludes halogenated alkanes) is 2. The fourth-order valence-corrected chi connectivity index (χ4v) is 4.24. The summed E-state index contributed by atoms with van der Waals surface area (Å²) >= 11 is 1.77. The molecule has 0 atom stereocenters. The number of rotatable bonds is 11. The number of aromatic nitrogens is 1. The lowest BCUT2D eigenvalue weighted by molar-refractivity contribution is 0.279. The van der Waals surface area contributed by atoms with Crippen LogP contribution in [0.15, 0.2) is 53.7 Å². The molecule has 15 heteroatoms. The van der Waals surface area contributed by atoms with Gasteiger partial charge in [-0.25, -0.2) is 4.98 Å². The summed E-state index contributed by atoms with van der Waals surface area (Å²) in [5.74, 6) is 2.21. The van der Waals surface area contributed by atoms with Crippen molar-refractivity contribution < 1.29 is 40.6 Å². The third-order valence-corrected chi connectivity index (χ3v) is 6.27. The van der Waals surface area contributed by atoms with Crippen LogP contribution in [-0.4, -0.2) is 67.7 Å². The Hall–Kier alpha value is -3.24. The second-order valence-electron chi connectivity index (χ2n) is 9.36. The summed E-state index contributed by atoms with van der Waals surface area (Å²) in [6, 6.07) is 15.4. The van der Waals surface area contributed by atoms with Crippen LogP contribution in [0, 0.1) is 6.92 Å². The highest BCUT2D eigenvalue weighted by Crippen LogP contribution is 2.34. The molecule has 0 bridgehead atoms. The highest BCUT2D eigenvalue weighted by molar-refractivity contribution is 7.85. The fraction of sp³-hybridized carbons (Fsp3) is 0.407. The van der Waals surface area contributed by atoms with E-state index in [1.807, 2.05) is 24.3 Å². The summed E-state index contributed by atoms with van der Waals surface area (Å²) in [6.45, 7) is 7.80. The average Bonchev–Trinajstić information content (AvgIpc) is 3.28. The molecule has 1 heterocycles. The Balaban J connectivity index is 0.000000759. The number of amidine groups is 1. The molecule has 0 saturated heterocycles. The van der Waals surface area contributed by atoms with Crippen LogP contribution < -0.4 is 15.2 Å². The summed E-state index contributed by atoms with van der Waals surface area (Å²) in [7, 11) is -7.33. The number of hydrogen-bond donors (Lipinski definition) is 4. The Morgan fingerprint density at radius 1 is 0.881 bits per heavy atom. The van der Waals surface area contributed by atoms with Crippen LogP contribution in [0.5, 0.6) is 11.5 Å². The smallest absolute Gasteiger partial charge is 0.261 e. The molecule has 234 valence electrons. The lowest BCUT2D eigenvalue weighted by atomic mass is 10.1. The number of oxime groups is 1. The number of nitrogens with two attached hydrogens (primary N) is 1. The molecule has 0 spiro atoms. The van der Waals surface area contributed by atoms with Crippen LogP contribution in [0.2, 0.25) is 0 Å². The van der Waals surface area contributed by atoms with E-state index in [1.165, 1.54) is 4.88 Å². The first kappa shape index (κ1) is 36.8. The molecular weight excluding hydrogens is 607 g/mol. The zero-order valence-electron chi connectivity index (χ0n) is 24.2. The second kappa shape index (κ2) is 17.7. The van der Waals surface area contributed by atoms with E-state index in [2.05, 4.69) is 38.1 Å². The van der Waals surface area contributed by atoms with Crippen LogP contribution >= 0.6 is 11.3 Å². The summed E-state index contributed by atoms with van der Waals surface area (Å²) in [6.07, 6.45) is 4.37. The number of thiazole rings is 1. The van der Waals surface area contributed by atoms with E-state index in [4.69, 9.17) is 34.5 Å². The zero-order valence-corrected chi connectivity index (χ0v) is 26.7. The van der Waals surface area contributed by atoms with Gasteiger partial charge in [-0.15, -0.1) is 11.3 Å². The Morgan fingerprint density at radius 3 is 1.71 bits per heavy atom. The normalized spacial score (nSPS) is 11.7. The van der Waals surface area contributed by atoms with E-state index in [1.54, 1.807) is 23.5 Å². The fourth-order valence-electron chi connectivity index (χ4n) is 3.29. The molecule has 2 aromatic carbocycles. The van der Waals surface area contributed by atoms with Crippen molar-refractivity contribution in [2.24, 2.45) is 10.9 Å². The lowest BCUT2D eigenvalue weighted by Gasteiger charge is -2.09. The van der Waals surface area contributed by atoms with E-state index in [-0.39, 0.29) is 5.84 Å². The topological polar surface area (TPSA) is 199 Å². The second-order valence-corrected chi connectivity index (χ2v) is 13.5. The van der Waals surface area contributed by atoms with Crippen molar-refractivity contribution in [2.45, 2.75) is 46.0 Å². The molecule has 0 fully saturated rings. The number of nitrogens with zero attached hydrogens (tertiary/aromatic N) is 2. The SMILES string of the molecule is CS(=O)(=O)O.CS(=O)(=O)O.Cc1nc(-c2ccc(OCCCCCOc3ccc(C(N)=NO)cc3)cc2)c(C(C)C)s1. The highest BCUT2D eigenvalue weighted by Gasteiger charge is 2.14. The van der Waals surface area contributed by atoms with E-state index in [9.17, 15) is 16.8 Å². The van der Waals surface area contributed by atoms with E-state index in [0.29, 0.717) is 37.2 Å². The van der Waals surface area contributed by atoms with Gasteiger partial charge in [-0.3, -0.25) is 9.11 Å². The summed E-state index contributed by atoms with van der Waals surface area (Å²) < 4.78 is 63.4. The highest BCUT2D eigenvalue weighted by atomic mass is 32.2. The Morgan fingerprint density at radius 2 is 1.31 bits per heavy atom. The van der Waals surface area contributed by atoms with Gasteiger partial charge in [0.1, 0.15) is 11.5 Å². The van der Waals surface area contributed by atoms with Gasteiger partial charge in [-0.05, 0) is 80.6 Å². The Bertz CT molecular complexity index is 1420. The Kier molecular flexibility index (Phi) is 15.5. The third-order valence-electron chi connectivity index (χ3n) is 5.00. The van der Waals surface area contributed by atoms with Crippen molar-refractivity contribution in [3.63, 3.8) is 0 Å². The molecule has 42 heavy (non-hydrogen) atoms. The molecule has 5 N–H and O–H groups in total. The first-order chi connectivity index (χ1) is 19.5. The molecule has 3 aromatic rings. The first-order valence-electron chi connectivity index (χ1n) is 12.7. The van der Waals surface area contributed by atoms with Crippen LogP contribution in [0.25, 0.3) is 11.3 Å². The summed E-state index contributed by atoms with van der Waals surface area (Å²) in [5, 5.41) is 12.8. The first-order valence-corrected chi connectivity index (χ1v) is 17.3. The minimum absolute atomic E-state index is 0.0877. The maximum atomic E-state index is 9.19. The van der Waals surface area contributed by atoms with Crippen molar-refractivity contribution >= 4 is 37.4 Å². The summed E-state index contributed by atoms with van der Waals surface area (Å²) in [4.78, 5) is 6.05. The number of benzene rings is 2. The maximum Gasteiger partial charge on any atom is 0.261 e. The van der Waals surface area contributed by atoms with Crippen molar-refractivity contribution in [3.05, 3.63) is 64.0 Å².